The highest BCUT2D eigenvalue weighted by Crippen LogP contribution is 2.38. The third-order valence-corrected chi connectivity index (χ3v) is 4.62. The van der Waals surface area contributed by atoms with Crippen LogP contribution in [0, 0.1) is 0 Å². The van der Waals surface area contributed by atoms with Crippen LogP contribution in [0.3, 0.4) is 0 Å². The van der Waals surface area contributed by atoms with E-state index < -0.39 is 11.7 Å². The molecule has 0 bridgehead atoms. The fourth-order valence-corrected chi connectivity index (χ4v) is 3.44. The maximum atomic E-state index is 13.0. The van der Waals surface area contributed by atoms with Crippen LogP contribution in [-0.2, 0) is 12.7 Å². The smallest absolute Gasteiger partial charge is 0.398 e. The summed E-state index contributed by atoms with van der Waals surface area (Å²) in [5, 5.41) is 0.0798. The van der Waals surface area contributed by atoms with E-state index in [0.29, 0.717) is 18.2 Å². The zero-order chi connectivity index (χ0) is 16.3. The minimum absolute atomic E-state index is 0.0798. The molecular formula is C16H22ClF3N2. The molecule has 2 N–H and O–H groups in total. The molecule has 0 spiro atoms. The Kier molecular flexibility index (Phi) is 5.61. The van der Waals surface area contributed by atoms with Crippen LogP contribution in [0.1, 0.15) is 50.2 Å². The number of nitrogen functional groups attached to an aromatic ring is 1. The predicted octanol–water partition coefficient (Wildman–Crippen LogP) is 5.10. The van der Waals surface area contributed by atoms with E-state index in [1.54, 1.807) is 6.07 Å². The van der Waals surface area contributed by atoms with E-state index >= 15 is 0 Å². The standard InChI is InChI=1S/C16H22ClF3N2/c1-2-22(13-6-4-3-5-7-13)10-11-8-12(17)9-14(15(11)21)16(18,19)20/h8-9,13H,2-7,10,21H2,1H3. The molecule has 0 amide bonds. The number of nitrogens with two attached hydrogens (primary N) is 1. The number of alkyl halides is 3. The first-order chi connectivity index (χ1) is 10.3. The highest BCUT2D eigenvalue weighted by atomic mass is 35.5. The molecule has 0 aromatic heterocycles. The largest absolute Gasteiger partial charge is 0.418 e. The maximum Gasteiger partial charge on any atom is 0.418 e. The molecule has 0 atom stereocenters. The van der Waals surface area contributed by atoms with Gasteiger partial charge in [0.15, 0.2) is 0 Å². The van der Waals surface area contributed by atoms with Crippen molar-refractivity contribution < 1.29 is 13.2 Å². The van der Waals surface area contributed by atoms with Crippen LogP contribution in [0.5, 0.6) is 0 Å². The fourth-order valence-electron chi connectivity index (χ4n) is 3.20. The van der Waals surface area contributed by atoms with Crippen LogP contribution in [0.15, 0.2) is 12.1 Å². The summed E-state index contributed by atoms with van der Waals surface area (Å²) >= 11 is 5.87. The molecule has 0 aliphatic heterocycles. The first kappa shape index (κ1) is 17.4. The van der Waals surface area contributed by atoms with E-state index in [4.69, 9.17) is 17.3 Å². The topological polar surface area (TPSA) is 29.3 Å². The van der Waals surface area contributed by atoms with Crippen molar-refractivity contribution in [2.24, 2.45) is 0 Å². The molecule has 1 fully saturated rings. The van der Waals surface area contributed by atoms with E-state index in [9.17, 15) is 13.2 Å². The van der Waals surface area contributed by atoms with Crippen molar-refractivity contribution in [3.8, 4) is 0 Å². The summed E-state index contributed by atoms with van der Waals surface area (Å²) in [7, 11) is 0. The van der Waals surface area contributed by atoms with Crippen LogP contribution >= 0.6 is 11.6 Å². The number of anilines is 1. The number of halogens is 4. The van der Waals surface area contributed by atoms with Crippen LogP contribution in [0.4, 0.5) is 18.9 Å². The normalized spacial score (nSPS) is 17.2. The van der Waals surface area contributed by atoms with Crippen molar-refractivity contribution in [3.05, 3.63) is 28.3 Å². The highest BCUT2D eigenvalue weighted by Gasteiger charge is 2.34. The quantitative estimate of drug-likeness (QED) is 0.776. The van der Waals surface area contributed by atoms with E-state index in [0.717, 1.165) is 25.5 Å². The summed E-state index contributed by atoms with van der Waals surface area (Å²) in [6.07, 6.45) is 1.32. The second-order valence-electron chi connectivity index (χ2n) is 5.88. The van der Waals surface area contributed by atoms with Crippen molar-refractivity contribution in [3.63, 3.8) is 0 Å². The first-order valence-corrected chi connectivity index (χ1v) is 8.10. The lowest BCUT2D eigenvalue weighted by molar-refractivity contribution is -0.136. The molecule has 1 aromatic carbocycles. The van der Waals surface area contributed by atoms with Crippen molar-refractivity contribution in [2.45, 2.75) is 57.8 Å². The third kappa shape index (κ3) is 4.07. The van der Waals surface area contributed by atoms with Gasteiger partial charge in [0.25, 0.3) is 0 Å². The molecule has 124 valence electrons. The zero-order valence-electron chi connectivity index (χ0n) is 12.7. The Morgan fingerprint density at radius 3 is 2.41 bits per heavy atom. The van der Waals surface area contributed by atoms with Crippen molar-refractivity contribution >= 4 is 17.3 Å². The monoisotopic (exact) mass is 334 g/mol. The predicted molar refractivity (Wildman–Crippen MR) is 83.8 cm³/mol. The number of benzene rings is 1. The van der Waals surface area contributed by atoms with Gasteiger partial charge in [-0.3, -0.25) is 4.90 Å². The Labute approximate surface area is 134 Å². The van der Waals surface area contributed by atoms with Gasteiger partial charge in [0.05, 0.1) is 5.56 Å². The molecule has 2 rings (SSSR count). The second-order valence-corrected chi connectivity index (χ2v) is 6.32. The van der Waals surface area contributed by atoms with Gasteiger partial charge >= 0.3 is 6.18 Å². The van der Waals surface area contributed by atoms with E-state index in [1.165, 1.54) is 19.3 Å². The Balaban J connectivity index is 2.25. The molecular weight excluding hydrogens is 313 g/mol. The van der Waals surface area contributed by atoms with E-state index in [-0.39, 0.29) is 10.7 Å². The Bertz CT molecular complexity index is 511. The molecule has 0 radical (unpaired) electrons. The van der Waals surface area contributed by atoms with E-state index in [1.807, 2.05) is 6.92 Å². The van der Waals surface area contributed by atoms with Gasteiger partial charge in [0.1, 0.15) is 0 Å². The molecule has 1 aromatic rings. The molecule has 0 unspecified atom stereocenters. The summed E-state index contributed by atoms with van der Waals surface area (Å²) in [5.74, 6) is 0. The lowest BCUT2D eigenvalue weighted by Gasteiger charge is -2.34. The highest BCUT2D eigenvalue weighted by molar-refractivity contribution is 6.30. The Morgan fingerprint density at radius 2 is 1.86 bits per heavy atom. The molecule has 1 saturated carbocycles. The van der Waals surface area contributed by atoms with Gasteiger partial charge in [-0.05, 0) is 37.1 Å². The second kappa shape index (κ2) is 7.09. The lowest BCUT2D eigenvalue weighted by atomic mass is 9.93. The van der Waals surface area contributed by atoms with Crippen molar-refractivity contribution in [2.75, 3.05) is 12.3 Å². The Morgan fingerprint density at radius 1 is 1.23 bits per heavy atom. The number of rotatable bonds is 4. The molecule has 6 heteroatoms. The number of hydrogen-bond acceptors (Lipinski definition) is 2. The van der Waals surface area contributed by atoms with Crippen molar-refractivity contribution in [1.29, 1.82) is 0 Å². The molecule has 0 heterocycles. The van der Waals surface area contributed by atoms with Gasteiger partial charge < -0.3 is 5.73 Å². The molecule has 1 aliphatic carbocycles. The van der Waals surface area contributed by atoms with Gasteiger partial charge in [-0.2, -0.15) is 13.2 Å². The van der Waals surface area contributed by atoms with Gasteiger partial charge in [-0.25, -0.2) is 0 Å². The van der Waals surface area contributed by atoms with Gasteiger partial charge in [0, 0.05) is 23.3 Å². The summed E-state index contributed by atoms with van der Waals surface area (Å²) in [5.41, 5.74) is 5.19. The number of nitrogens with zero attached hydrogens (tertiary/aromatic N) is 1. The minimum Gasteiger partial charge on any atom is -0.398 e. The molecule has 22 heavy (non-hydrogen) atoms. The van der Waals surface area contributed by atoms with Crippen LogP contribution in [0.2, 0.25) is 5.02 Å². The van der Waals surface area contributed by atoms with Crippen LogP contribution in [-0.4, -0.2) is 17.5 Å². The Hall–Kier alpha value is -0.940. The first-order valence-electron chi connectivity index (χ1n) is 7.72. The fraction of sp³-hybridized carbons (Fsp3) is 0.625. The molecule has 2 nitrogen and oxygen atoms in total. The van der Waals surface area contributed by atoms with Gasteiger partial charge in [-0.1, -0.05) is 37.8 Å². The molecule has 1 aliphatic rings. The van der Waals surface area contributed by atoms with Gasteiger partial charge in [0.2, 0.25) is 0 Å². The third-order valence-electron chi connectivity index (χ3n) is 4.41. The average molecular weight is 335 g/mol. The summed E-state index contributed by atoms with van der Waals surface area (Å²) in [6.45, 7) is 3.23. The summed E-state index contributed by atoms with van der Waals surface area (Å²) < 4.78 is 39.1. The lowest BCUT2D eigenvalue weighted by Crippen LogP contribution is -2.36. The zero-order valence-corrected chi connectivity index (χ0v) is 13.5. The maximum absolute atomic E-state index is 13.0. The summed E-state index contributed by atoms with van der Waals surface area (Å²) in [6, 6.07) is 2.88. The minimum atomic E-state index is -4.48. The van der Waals surface area contributed by atoms with Gasteiger partial charge in [-0.15, -0.1) is 0 Å². The average Bonchev–Trinajstić information content (AvgIpc) is 2.47. The van der Waals surface area contributed by atoms with Crippen molar-refractivity contribution in [1.82, 2.24) is 4.90 Å². The number of hydrogen-bond donors (Lipinski definition) is 1. The molecule has 0 saturated heterocycles. The van der Waals surface area contributed by atoms with E-state index in [2.05, 4.69) is 4.90 Å². The van der Waals surface area contributed by atoms with Crippen LogP contribution in [0.25, 0.3) is 0 Å². The summed E-state index contributed by atoms with van der Waals surface area (Å²) in [4.78, 5) is 2.21. The van der Waals surface area contributed by atoms with Crippen LogP contribution < -0.4 is 5.73 Å². The SMILES string of the molecule is CCN(Cc1cc(Cl)cc(C(F)(F)F)c1N)C1CCCCC1.